The van der Waals surface area contributed by atoms with E-state index in [0.717, 1.165) is 19.3 Å². The molecule has 0 aromatic rings. The van der Waals surface area contributed by atoms with Crippen LogP contribution in [0.4, 0.5) is 0 Å². The van der Waals surface area contributed by atoms with Gasteiger partial charge in [-0.2, -0.15) is 0 Å². The van der Waals surface area contributed by atoms with Crippen molar-refractivity contribution >= 4 is 5.78 Å². The van der Waals surface area contributed by atoms with E-state index in [1.165, 1.54) is 0 Å². The van der Waals surface area contributed by atoms with E-state index in [-0.39, 0.29) is 11.5 Å². The molecule has 0 aromatic carbocycles. The first-order valence-corrected chi connectivity index (χ1v) is 4.30. The molecule has 0 spiro atoms. The van der Waals surface area contributed by atoms with E-state index in [0.29, 0.717) is 11.9 Å². The lowest BCUT2D eigenvalue weighted by atomic mass is 9.81. The summed E-state index contributed by atoms with van der Waals surface area (Å²) in [6, 6.07) is 0. The van der Waals surface area contributed by atoms with Crippen molar-refractivity contribution in [3.63, 3.8) is 0 Å². The van der Waals surface area contributed by atoms with Crippen LogP contribution < -0.4 is 0 Å². The fourth-order valence-corrected chi connectivity index (χ4v) is 2.01. The maximum absolute atomic E-state index is 11.0. The van der Waals surface area contributed by atoms with Crippen molar-refractivity contribution in [2.75, 3.05) is 0 Å². The van der Waals surface area contributed by atoms with Crippen LogP contribution >= 0.6 is 0 Å². The summed E-state index contributed by atoms with van der Waals surface area (Å²) in [7, 11) is 0. The Hall–Kier alpha value is -0.370. The highest BCUT2D eigenvalue weighted by Gasteiger charge is 2.55. The van der Waals surface area contributed by atoms with Gasteiger partial charge in [-0.3, -0.25) is 4.79 Å². The second kappa shape index (κ2) is 2.07. The van der Waals surface area contributed by atoms with Crippen LogP contribution in [-0.4, -0.2) is 17.5 Å². The Balaban J connectivity index is 1.98. The smallest absolute Gasteiger partial charge is 0.133 e. The van der Waals surface area contributed by atoms with Crippen molar-refractivity contribution in [2.24, 2.45) is 5.92 Å². The summed E-state index contributed by atoms with van der Waals surface area (Å²) < 4.78 is 5.49. The van der Waals surface area contributed by atoms with Crippen LogP contribution in [0.5, 0.6) is 0 Å². The number of rotatable bonds is 1. The molecule has 0 bridgehead atoms. The van der Waals surface area contributed by atoms with Crippen molar-refractivity contribution < 1.29 is 9.53 Å². The summed E-state index contributed by atoms with van der Waals surface area (Å²) in [6.45, 7) is 3.84. The van der Waals surface area contributed by atoms with Gasteiger partial charge < -0.3 is 4.74 Å². The lowest BCUT2D eigenvalue weighted by Crippen LogP contribution is -2.25. The second-order valence-corrected chi connectivity index (χ2v) is 4.00. The molecule has 1 saturated heterocycles. The molecule has 1 aliphatic heterocycles. The average molecular weight is 154 g/mol. The Kier molecular flexibility index (Phi) is 1.37. The molecule has 0 N–H and O–H groups in total. The van der Waals surface area contributed by atoms with Gasteiger partial charge in [0.05, 0.1) is 11.7 Å². The SMILES string of the molecule is CC(=O)[C@H]1CC[C@]2(C)O[C@@H]2C1. The molecule has 2 heteroatoms. The van der Waals surface area contributed by atoms with E-state index in [1.807, 2.05) is 0 Å². The van der Waals surface area contributed by atoms with Gasteiger partial charge in [0.25, 0.3) is 0 Å². The average Bonchev–Trinajstić information content (AvgIpc) is 2.58. The minimum Gasteiger partial charge on any atom is -0.366 e. The Morgan fingerprint density at radius 1 is 1.64 bits per heavy atom. The summed E-state index contributed by atoms with van der Waals surface area (Å²) in [5.41, 5.74) is 0.159. The fourth-order valence-electron chi connectivity index (χ4n) is 2.01. The maximum Gasteiger partial charge on any atom is 0.133 e. The number of ether oxygens (including phenoxy) is 1. The first kappa shape index (κ1) is 7.29. The van der Waals surface area contributed by atoms with Crippen LogP contribution in [0, 0.1) is 5.92 Å². The predicted molar refractivity (Wildman–Crippen MR) is 41.3 cm³/mol. The van der Waals surface area contributed by atoms with Gasteiger partial charge >= 0.3 is 0 Å². The number of hydrogen-bond donors (Lipinski definition) is 0. The maximum atomic E-state index is 11.0. The molecule has 11 heavy (non-hydrogen) atoms. The number of ketones is 1. The first-order valence-electron chi connectivity index (χ1n) is 4.30. The molecule has 0 amide bonds. The van der Waals surface area contributed by atoms with Gasteiger partial charge in [0, 0.05) is 5.92 Å². The fraction of sp³-hybridized carbons (Fsp3) is 0.889. The third-order valence-corrected chi connectivity index (χ3v) is 3.10. The molecule has 1 heterocycles. The highest BCUT2D eigenvalue weighted by Crippen LogP contribution is 2.49. The summed E-state index contributed by atoms with van der Waals surface area (Å²) in [6.07, 6.45) is 3.46. The zero-order chi connectivity index (χ0) is 8.06. The summed E-state index contributed by atoms with van der Waals surface area (Å²) in [5.74, 6) is 0.623. The molecule has 1 aliphatic carbocycles. The minimum atomic E-state index is 0.159. The van der Waals surface area contributed by atoms with Gasteiger partial charge in [0.2, 0.25) is 0 Å². The van der Waals surface area contributed by atoms with Gasteiger partial charge in [-0.25, -0.2) is 0 Å². The number of fused-ring (bicyclic) bond motifs is 1. The summed E-state index contributed by atoms with van der Waals surface area (Å²) in [4.78, 5) is 11.0. The monoisotopic (exact) mass is 154 g/mol. The van der Waals surface area contributed by atoms with Gasteiger partial charge in [-0.05, 0) is 33.1 Å². The van der Waals surface area contributed by atoms with E-state index in [2.05, 4.69) is 6.92 Å². The van der Waals surface area contributed by atoms with E-state index in [4.69, 9.17) is 4.74 Å². The van der Waals surface area contributed by atoms with Crippen LogP contribution in [0.3, 0.4) is 0 Å². The van der Waals surface area contributed by atoms with Gasteiger partial charge in [-0.1, -0.05) is 0 Å². The molecule has 2 fully saturated rings. The third-order valence-electron chi connectivity index (χ3n) is 3.10. The van der Waals surface area contributed by atoms with Crippen LogP contribution in [0.25, 0.3) is 0 Å². The lowest BCUT2D eigenvalue weighted by Gasteiger charge is -2.19. The van der Waals surface area contributed by atoms with Crippen LogP contribution in [0.1, 0.15) is 33.1 Å². The summed E-state index contributed by atoms with van der Waals surface area (Å²) >= 11 is 0. The Morgan fingerprint density at radius 2 is 2.36 bits per heavy atom. The molecular weight excluding hydrogens is 140 g/mol. The van der Waals surface area contributed by atoms with Gasteiger partial charge in [0.1, 0.15) is 5.78 Å². The van der Waals surface area contributed by atoms with Gasteiger partial charge in [0.15, 0.2) is 0 Å². The first-order chi connectivity index (χ1) is 5.12. The molecule has 62 valence electrons. The zero-order valence-electron chi connectivity index (χ0n) is 7.09. The highest BCUT2D eigenvalue weighted by molar-refractivity contribution is 5.78. The molecule has 1 saturated carbocycles. The van der Waals surface area contributed by atoms with Crippen LogP contribution in [0.2, 0.25) is 0 Å². The van der Waals surface area contributed by atoms with E-state index < -0.39 is 0 Å². The predicted octanol–water partition coefficient (Wildman–Crippen LogP) is 1.53. The standard InChI is InChI=1S/C9H14O2/c1-6(10)7-3-4-9(2)8(5-7)11-9/h7-8H,3-5H2,1-2H3/t7-,8+,9-/m0/s1. The molecule has 0 unspecified atom stereocenters. The topological polar surface area (TPSA) is 29.6 Å². The molecule has 0 aromatic heterocycles. The summed E-state index contributed by atoms with van der Waals surface area (Å²) in [5, 5.41) is 0. The molecule has 2 aliphatic rings. The minimum absolute atomic E-state index is 0.159. The molecule has 2 rings (SSSR count). The molecule has 3 atom stereocenters. The normalized spacial score (nSPS) is 48.2. The Bertz CT molecular complexity index is 200. The van der Waals surface area contributed by atoms with Crippen molar-refractivity contribution in [3.8, 4) is 0 Å². The van der Waals surface area contributed by atoms with E-state index >= 15 is 0 Å². The Labute approximate surface area is 66.9 Å². The van der Waals surface area contributed by atoms with Crippen LogP contribution in [0.15, 0.2) is 0 Å². The van der Waals surface area contributed by atoms with E-state index in [1.54, 1.807) is 6.92 Å². The molecular formula is C9H14O2. The van der Waals surface area contributed by atoms with Crippen molar-refractivity contribution in [2.45, 2.75) is 44.8 Å². The van der Waals surface area contributed by atoms with E-state index in [9.17, 15) is 4.79 Å². The van der Waals surface area contributed by atoms with Crippen molar-refractivity contribution in [1.82, 2.24) is 0 Å². The largest absolute Gasteiger partial charge is 0.366 e. The van der Waals surface area contributed by atoms with Gasteiger partial charge in [-0.15, -0.1) is 0 Å². The quantitative estimate of drug-likeness (QED) is 0.536. The van der Waals surface area contributed by atoms with Crippen molar-refractivity contribution in [1.29, 1.82) is 0 Å². The lowest BCUT2D eigenvalue weighted by molar-refractivity contribution is -0.121. The zero-order valence-corrected chi connectivity index (χ0v) is 7.09. The number of epoxide rings is 1. The number of Topliss-reactive ketones (excluding diaryl/α,β-unsaturated/α-hetero) is 1. The number of carbonyl (C=O) groups is 1. The number of carbonyl (C=O) groups excluding carboxylic acids is 1. The number of hydrogen-bond acceptors (Lipinski definition) is 2. The van der Waals surface area contributed by atoms with Crippen LogP contribution in [-0.2, 0) is 9.53 Å². The molecule has 0 radical (unpaired) electrons. The third kappa shape index (κ3) is 1.09. The van der Waals surface area contributed by atoms with Crippen molar-refractivity contribution in [3.05, 3.63) is 0 Å². The Morgan fingerprint density at radius 3 is 2.91 bits per heavy atom. The second-order valence-electron chi connectivity index (χ2n) is 4.00. The highest BCUT2D eigenvalue weighted by atomic mass is 16.6. The molecule has 2 nitrogen and oxygen atoms in total.